The Bertz CT molecular complexity index is 1170. The fraction of sp³-hybridized carbons (Fsp3) is 0.600. The van der Waals surface area contributed by atoms with Crippen molar-refractivity contribution in [3.05, 3.63) is 59.2 Å². The molecule has 3 aliphatic carbocycles. The number of fused-ring (bicyclic) bond motifs is 1. The van der Waals surface area contributed by atoms with Crippen molar-refractivity contribution in [3.8, 4) is 11.5 Å². The van der Waals surface area contributed by atoms with Gasteiger partial charge in [-0.05, 0) is 68.2 Å². The number of methoxy groups -OCH3 is 1. The number of rotatable bonds is 5. The number of benzene rings is 2. The molecule has 5 nitrogen and oxygen atoms in total. The van der Waals surface area contributed by atoms with Gasteiger partial charge in [0.15, 0.2) is 11.5 Å². The molecule has 6 aliphatic rings. The second-order valence-corrected chi connectivity index (χ2v) is 12.1. The zero-order chi connectivity index (χ0) is 23.4. The molecule has 3 saturated heterocycles. The van der Waals surface area contributed by atoms with Gasteiger partial charge in [0.1, 0.15) is 0 Å². The Morgan fingerprint density at radius 3 is 2.71 bits per heavy atom. The fourth-order valence-electron chi connectivity index (χ4n) is 9.37. The molecular weight excluding hydrogens is 436 g/mol. The van der Waals surface area contributed by atoms with Gasteiger partial charge in [-0.1, -0.05) is 36.4 Å². The largest absolute Gasteiger partial charge is 0.504 e. The number of phenols is 1. The van der Waals surface area contributed by atoms with Crippen LogP contribution in [0.25, 0.3) is 0 Å². The third-order valence-electron chi connectivity index (χ3n) is 10.7. The van der Waals surface area contributed by atoms with Crippen molar-refractivity contribution < 1.29 is 14.6 Å². The SMILES string of the molecule is COc1ccc2c(c1O)[C@]13CCN(CC4CC4)[C@H](C2)[C@]12CC[C@@H]1[C@H]3[C@@H](CN1Cc1ccccc1)O2. The van der Waals surface area contributed by atoms with Gasteiger partial charge in [0.05, 0.1) is 18.8 Å². The first-order chi connectivity index (χ1) is 17.1. The number of nitrogens with zero attached hydrogens (tertiary/aromatic N) is 2. The molecule has 8 rings (SSSR count). The molecule has 2 aromatic rings. The van der Waals surface area contributed by atoms with E-state index in [4.69, 9.17) is 9.47 Å². The number of likely N-dealkylation sites (tertiary alicyclic amines) is 2. The van der Waals surface area contributed by atoms with E-state index in [1.54, 1.807) is 7.11 Å². The van der Waals surface area contributed by atoms with Crippen LogP contribution in [0, 0.1) is 11.8 Å². The van der Waals surface area contributed by atoms with Crippen molar-refractivity contribution in [2.24, 2.45) is 11.8 Å². The van der Waals surface area contributed by atoms with E-state index in [1.165, 1.54) is 42.5 Å². The fourth-order valence-corrected chi connectivity index (χ4v) is 9.37. The van der Waals surface area contributed by atoms with Crippen molar-refractivity contribution in [1.29, 1.82) is 0 Å². The van der Waals surface area contributed by atoms with Crippen molar-refractivity contribution in [1.82, 2.24) is 9.80 Å². The molecule has 0 aromatic heterocycles. The second kappa shape index (κ2) is 7.24. The summed E-state index contributed by atoms with van der Waals surface area (Å²) >= 11 is 0. The van der Waals surface area contributed by atoms with E-state index in [0.29, 0.717) is 29.5 Å². The first-order valence-electron chi connectivity index (χ1n) is 13.7. The monoisotopic (exact) mass is 472 g/mol. The molecule has 35 heavy (non-hydrogen) atoms. The first kappa shape index (κ1) is 21.0. The molecule has 4 bridgehead atoms. The van der Waals surface area contributed by atoms with E-state index in [1.807, 2.05) is 6.07 Å². The Morgan fingerprint density at radius 2 is 1.91 bits per heavy atom. The van der Waals surface area contributed by atoms with Crippen LogP contribution < -0.4 is 4.74 Å². The maximum absolute atomic E-state index is 11.6. The summed E-state index contributed by atoms with van der Waals surface area (Å²) < 4.78 is 13.0. The summed E-state index contributed by atoms with van der Waals surface area (Å²) in [7, 11) is 1.68. The molecule has 6 atom stereocenters. The van der Waals surface area contributed by atoms with Gasteiger partial charge in [-0.3, -0.25) is 9.80 Å². The molecule has 1 N–H and O–H groups in total. The van der Waals surface area contributed by atoms with E-state index >= 15 is 0 Å². The minimum atomic E-state index is -0.179. The van der Waals surface area contributed by atoms with E-state index in [0.717, 1.165) is 44.8 Å². The van der Waals surface area contributed by atoms with Crippen LogP contribution in [-0.4, -0.2) is 65.4 Å². The van der Waals surface area contributed by atoms with E-state index in [9.17, 15) is 5.11 Å². The Kier molecular flexibility index (Phi) is 4.35. The lowest BCUT2D eigenvalue weighted by atomic mass is 9.46. The van der Waals surface area contributed by atoms with Crippen LogP contribution in [0.2, 0.25) is 0 Å². The lowest BCUT2D eigenvalue weighted by Gasteiger charge is -2.64. The van der Waals surface area contributed by atoms with Gasteiger partial charge < -0.3 is 14.6 Å². The normalized spacial score (nSPS) is 39.3. The first-order valence-corrected chi connectivity index (χ1v) is 13.7. The summed E-state index contributed by atoms with van der Waals surface area (Å²) in [6.07, 6.45) is 7.38. The summed E-state index contributed by atoms with van der Waals surface area (Å²) in [4.78, 5) is 5.49. The average molecular weight is 473 g/mol. The van der Waals surface area contributed by atoms with Gasteiger partial charge in [0.25, 0.3) is 0 Å². The predicted molar refractivity (Wildman–Crippen MR) is 134 cm³/mol. The van der Waals surface area contributed by atoms with Gasteiger partial charge in [-0.15, -0.1) is 0 Å². The highest BCUT2D eigenvalue weighted by Gasteiger charge is 2.78. The van der Waals surface area contributed by atoms with E-state index < -0.39 is 0 Å². The van der Waals surface area contributed by atoms with Crippen LogP contribution >= 0.6 is 0 Å². The predicted octanol–water partition coefficient (Wildman–Crippen LogP) is 4.11. The van der Waals surface area contributed by atoms with Crippen LogP contribution in [-0.2, 0) is 23.1 Å². The third kappa shape index (κ3) is 2.65. The van der Waals surface area contributed by atoms with Gasteiger partial charge in [0, 0.05) is 48.6 Å². The van der Waals surface area contributed by atoms with Crippen molar-refractivity contribution >= 4 is 0 Å². The zero-order valence-corrected chi connectivity index (χ0v) is 20.7. The highest BCUT2D eigenvalue weighted by Crippen LogP contribution is 2.71. The standard InChI is InChI=1S/C30H36N2O3/c1-34-23-10-9-21-15-25-30-12-11-22-27(24(35-30)18-32(22)17-19-5-3-2-4-6-19)29(30,26(21)28(23)33)13-14-31(25)16-20-7-8-20/h2-6,9-10,20,22,24-25,27,33H,7-8,11-18H2,1H3/t22-,24-,25-,27+,29+,30-/m1/s1. The highest BCUT2D eigenvalue weighted by molar-refractivity contribution is 5.60. The van der Waals surface area contributed by atoms with Gasteiger partial charge in [-0.2, -0.15) is 0 Å². The lowest BCUT2D eigenvalue weighted by Crippen LogP contribution is -2.74. The molecule has 0 unspecified atom stereocenters. The number of aromatic hydroxyl groups is 1. The van der Waals surface area contributed by atoms with E-state index in [2.05, 4.69) is 46.2 Å². The van der Waals surface area contributed by atoms with Crippen molar-refractivity contribution in [2.75, 3.05) is 26.7 Å². The summed E-state index contributed by atoms with van der Waals surface area (Å²) in [5, 5.41) is 11.6. The molecule has 3 heterocycles. The minimum Gasteiger partial charge on any atom is -0.504 e. The van der Waals surface area contributed by atoms with Gasteiger partial charge in [0.2, 0.25) is 0 Å². The molecule has 2 aromatic carbocycles. The Balaban J connectivity index is 1.26. The van der Waals surface area contributed by atoms with Gasteiger partial charge >= 0.3 is 0 Å². The number of hydrogen-bond acceptors (Lipinski definition) is 5. The number of piperidine rings is 1. The molecule has 184 valence electrons. The second-order valence-electron chi connectivity index (χ2n) is 12.1. The average Bonchev–Trinajstić information content (AvgIpc) is 3.58. The number of phenolic OH excluding ortho intramolecular Hbond substituents is 1. The molecule has 0 amide bonds. The highest BCUT2D eigenvalue weighted by atomic mass is 16.5. The Morgan fingerprint density at radius 1 is 1.06 bits per heavy atom. The molecule has 5 fully saturated rings. The molecular formula is C30H36N2O3. The molecule has 3 aliphatic heterocycles. The van der Waals surface area contributed by atoms with E-state index in [-0.39, 0.29) is 17.1 Å². The number of hydrogen-bond donors (Lipinski definition) is 1. The summed E-state index contributed by atoms with van der Waals surface area (Å²) in [6.45, 7) is 4.33. The van der Waals surface area contributed by atoms with Crippen molar-refractivity contribution in [3.63, 3.8) is 0 Å². The lowest BCUT2D eigenvalue weighted by molar-refractivity contribution is -0.174. The maximum atomic E-state index is 11.6. The van der Waals surface area contributed by atoms with Gasteiger partial charge in [-0.25, -0.2) is 0 Å². The van der Waals surface area contributed by atoms with Crippen LogP contribution in [0.4, 0.5) is 0 Å². The number of ether oxygens (including phenoxy) is 2. The van der Waals surface area contributed by atoms with Crippen LogP contribution in [0.5, 0.6) is 11.5 Å². The molecule has 5 heteroatoms. The maximum Gasteiger partial charge on any atom is 0.161 e. The summed E-state index contributed by atoms with van der Waals surface area (Å²) in [6, 6.07) is 16.0. The van der Waals surface area contributed by atoms with Crippen LogP contribution in [0.1, 0.15) is 48.8 Å². The Labute approximate surface area is 208 Å². The zero-order valence-electron chi connectivity index (χ0n) is 20.7. The molecule has 0 radical (unpaired) electrons. The van der Waals surface area contributed by atoms with Crippen molar-refractivity contribution in [2.45, 2.75) is 74.3 Å². The third-order valence-corrected chi connectivity index (χ3v) is 10.7. The van der Waals surface area contributed by atoms with Crippen LogP contribution in [0.3, 0.4) is 0 Å². The minimum absolute atomic E-state index is 0.122. The Hall–Kier alpha value is -2.08. The topological polar surface area (TPSA) is 45.2 Å². The summed E-state index contributed by atoms with van der Waals surface area (Å²) in [5.41, 5.74) is 3.59. The molecule has 0 spiro atoms. The smallest absolute Gasteiger partial charge is 0.161 e. The quantitative estimate of drug-likeness (QED) is 0.710. The van der Waals surface area contributed by atoms with Crippen LogP contribution in [0.15, 0.2) is 42.5 Å². The summed E-state index contributed by atoms with van der Waals surface area (Å²) in [5.74, 6) is 2.31. The molecule has 2 saturated carbocycles.